The lowest BCUT2D eigenvalue weighted by atomic mass is 10.1. The van der Waals surface area contributed by atoms with Gasteiger partial charge in [0.15, 0.2) is 0 Å². The van der Waals surface area contributed by atoms with Crippen LogP contribution in [0.15, 0.2) is 0 Å². The van der Waals surface area contributed by atoms with E-state index >= 15 is 0 Å². The fourth-order valence-electron chi connectivity index (χ4n) is 0.478. The van der Waals surface area contributed by atoms with Gasteiger partial charge in [-0.2, -0.15) is 0 Å². The van der Waals surface area contributed by atoms with Gasteiger partial charge in [0.05, 0.1) is 2.74 Å². The minimum atomic E-state index is -2.09. The molecule has 0 fully saturated rings. The van der Waals surface area contributed by atoms with Gasteiger partial charge in [-0.15, -0.1) is 0 Å². The van der Waals surface area contributed by atoms with Crippen molar-refractivity contribution in [3.8, 4) is 0 Å². The third-order valence-electron chi connectivity index (χ3n) is 1.06. The van der Waals surface area contributed by atoms with Crippen LogP contribution in [-0.4, -0.2) is 23.4 Å². The molecule has 0 aromatic carbocycles. The van der Waals surface area contributed by atoms with Crippen molar-refractivity contribution in [3.63, 3.8) is 0 Å². The number of rotatable bonds is 4. The van der Waals surface area contributed by atoms with Crippen LogP contribution in [0.4, 0.5) is 0 Å². The molecular weight excluding hydrogens is 104 g/mol. The molecule has 0 rings (SSSR count). The first-order valence-electron chi connectivity index (χ1n) is 3.79. The molecule has 0 unspecified atom stereocenters. The first kappa shape index (κ1) is 4.77. The van der Waals surface area contributed by atoms with Crippen LogP contribution in [-0.2, 0) is 0 Å². The Balaban J connectivity index is 3.47. The van der Waals surface area contributed by atoms with Crippen molar-refractivity contribution >= 4 is 0 Å². The minimum Gasteiger partial charge on any atom is -0.396 e. The van der Waals surface area contributed by atoms with Crippen molar-refractivity contribution in [2.75, 3.05) is 13.2 Å². The third-order valence-corrected chi connectivity index (χ3v) is 1.06. The van der Waals surface area contributed by atoms with Gasteiger partial charge in [0, 0.05) is 13.2 Å². The number of aliphatic hydroxyl groups is 2. The minimum absolute atomic E-state index is 0.0324. The summed E-state index contributed by atoms with van der Waals surface area (Å²) in [7, 11) is 0. The molecule has 50 valence electrons. The summed E-state index contributed by atoms with van der Waals surface area (Å²) in [5.74, 6) is 0.0324. The number of aliphatic hydroxyl groups excluding tert-OH is 1. The topological polar surface area (TPSA) is 40.5 Å². The van der Waals surface area contributed by atoms with E-state index in [1.807, 2.05) is 0 Å². The first-order valence-corrected chi connectivity index (χ1v) is 2.79. The van der Waals surface area contributed by atoms with Crippen LogP contribution in [0.1, 0.15) is 22.5 Å². The monoisotopic (exact) mass is 120 g/mol. The van der Waals surface area contributed by atoms with E-state index in [0.29, 0.717) is 6.42 Å². The number of hydrogen-bond donors (Lipinski definition) is 2. The Labute approximate surface area is 53.0 Å². The largest absolute Gasteiger partial charge is 0.396 e. The summed E-state index contributed by atoms with van der Waals surface area (Å²) in [5, 5.41) is 17.1. The Bertz CT molecular complexity index is 90.2. The molecule has 0 heterocycles. The van der Waals surface area contributed by atoms with Crippen molar-refractivity contribution in [2.24, 2.45) is 5.92 Å². The third kappa shape index (κ3) is 4.09. The van der Waals surface area contributed by atoms with Crippen molar-refractivity contribution in [1.29, 1.82) is 0 Å². The fraction of sp³-hybridized carbons (Fsp3) is 1.00. The van der Waals surface area contributed by atoms with Gasteiger partial charge in [0.2, 0.25) is 0 Å². The molecular formula is C6H14O2. The van der Waals surface area contributed by atoms with Crippen molar-refractivity contribution < 1.29 is 13.0 Å². The van der Waals surface area contributed by atoms with E-state index < -0.39 is 6.56 Å². The molecule has 0 bridgehead atoms. The molecule has 1 atom stereocenters. The Morgan fingerprint density at radius 3 is 2.50 bits per heavy atom. The van der Waals surface area contributed by atoms with Crippen LogP contribution in [0.2, 0.25) is 0 Å². The quantitative estimate of drug-likeness (QED) is 0.563. The zero-order chi connectivity index (χ0) is 8.20. The van der Waals surface area contributed by atoms with E-state index in [2.05, 4.69) is 0 Å². The van der Waals surface area contributed by atoms with Crippen molar-refractivity contribution in [3.05, 3.63) is 0 Å². The molecule has 0 saturated heterocycles. The van der Waals surface area contributed by atoms with Crippen LogP contribution >= 0.6 is 0 Å². The van der Waals surface area contributed by atoms with Gasteiger partial charge in [0.1, 0.15) is 0 Å². The fourth-order valence-corrected chi connectivity index (χ4v) is 0.478. The first-order chi connectivity index (χ1) is 4.45. The predicted molar refractivity (Wildman–Crippen MR) is 32.6 cm³/mol. The van der Waals surface area contributed by atoms with E-state index in [-0.39, 0.29) is 18.9 Å². The second kappa shape index (κ2) is 5.06. The summed E-state index contributed by atoms with van der Waals surface area (Å²) < 4.78 is 13.6. The summed E-state index contributed by atoms with van der Waals surface area (Å²) in [6.07, 6.45) is 0.633. The number of hydrogen-bond acceptors (Lipinski definition) is 2. The van der Waals surface area contributed by atoms with E-state index in [1.165, 1.54) is 0 Å². The van der Waals surface area contributed by atoms with Gasteiger partial charge < -0.3 is 10.2 Å². The smallest absolute Gasteiger partial charge is 0.0564 e. The maximum absolute atomic E-state index is 8.67. The summed E-state index contributed by atoms with van der Waals surface area (Å²) >= 11 is 0. The molecule has 8 heavy (non-hydrogen) atoms. The zero-order valence-corrected chi connectivity index (χ0v) is 5.09. The van der Waals surface area contributed by atoms with Gasteiger partial charge in [-0.25, -0.2) is 0 Å². The highest BCUT2D eigenvalue weighted by molar-refractivity contribution is 4.49. The van der Waals surface area contributed by atoms with Crippen molar-refractivity contribution in [2.45, 2.75) is 19.8 Å². The average molecular weight is 120 g/mol. The Morgan fingerprint density at radius 2 is 2.12 bits per heavy atom. The predicted octanol–water partition coefficient (Wildman–Crippen LogP) is 0.387. The van der Waals surface area contributed by atoms with E-state index in [1.54, 1.807) is 6.92 Å². The molecule has 0 saturated carbocycles. The molecule has 0 aromatic heterocycles. The Morgan fingerprint density at radius 1 is 1.50 bits per heavy atom. The highest BCUT2D eigenvalue weighted by atomic mass is 16.3. The standard InChI is InChI=1S/C6H14O2/c1-6(2-4-7)3-5-8/h6-8H,2-5H2,1H3/i4D2/t6-/m0/s1. The molecule has 0 spiro atoms. The van der Waals surface area contributed by atoms with Gasteiger partial charge in [-0.1, -0.05) is 6.92 Å². The van der Waals surface area contributed by atoms with Gasteiger partial charge in [0.25, 0.3) is 0 Å². The SMILES string of the molecule is [2H]C([2H])(O)C[C@H](C)CCO. The second-order valence-corrected chi connectivity index (χ2v) is 1.98. The molecule has 2 heteroatoms. The van der Waals surface area contributed by atoms with Gasteiger partial charge >= 0.3 is 0 Å². The Kier molecular flexibility index (Phi) is 3.02. The molecule has 0 aliphatic rings. The van der Waals surface area contributed by atoms with Crippen LogP contribution < -0.4 is 0 Å². The lowest BCUT2D eigenvalue weighted by molar-refractivity contribution is 0.223. The van der Waals surface area contributed by atoms with E-state index in [4.69, 9.17) is 13.0 Å². The van der Waals surface area contributed by atoms with E-state index in [0.717, 1.165) is 0 Å². The molecule has 0 aliphatic heterocycles. The molecule has 2 nitrogen and oxygen atoms in total. The van der Waals surface area contributed by atoms with Crippen LogP contribution in [0, 0.1) is 5.92 Å². The average Bonchev–Trinajstić information content (AvgIpc) is 1.59. The van der Waals surface area contributed by atoms with Crippen LogP contribution in [0.25, 0.3) is 0 Å². The molecule has 0 aliphatic carbocycles. The molecule has 0 radical (unpaired) electrons. The summed E-state index contributed by atoms with van der Waals surface area (Å²) in [4.78, 5) is 0. The van der Waals surface area contributed by atoms with E-state index in [9.17, 15) is 0 Å². The normalized spacial score (nSPS) is 19.4. The van der Waals surface area contributed by atoms with Gasteiger partial charge in [-0.05, 0) is 18.8 Å². The van der Waals surface area contributed by atoms with Crippen LogP contribution in [0.5, 0.6) is 0 Å². The molecule has 2 N–H and O–H groups in total. The highest BCUT2D eigenvalue weighted by Gasteiger charge is 1.97. The maximum atomic E-state index is 8.67. The van der Waals surface area contributed by atoms with Gasteiger partial charge in [-0.3, -0.25) is 0 Å². The second-order valence-electron chi connectivity index (χ2n) is 1.98. The summed E-state index contributed by atoms with van der Waals surface area (Å²) in [5.41, 5.74) is 0. The van der Waals surface area contributed by atoms with Crippen LogP contribution in [0.3, 0.4) is 0 Å². The zero-order valence-electron chi connectivity index (χ0n) is 7.09. The summed E-state index contributed by atoms with van der Waals surface area (Å²) in [6, 6.07) is 0. The highest BCUT2D eigenvalue weighted by Crippen LogP contribution is 2.03. The lowest BCUT2D eigenvalue weighted by Gasteiger charge is -2.04. The maximum Gasteiger partial charge on any atom is 0.0564 e. The Hall–Kier alpha value is -0.0800. The van der Waals surface area contributed by atoms with Crippen molar-refractivity contribution in [1.82, 2.24) is 0 Å². The lowest BCUT2D eigenvalue weighted by Crippen LogP contribution is -1.99. The molecule has 0 amide bonds. The summed E-state index contributed by atoms with van der Waals surface area (Å²) in [6.45, 7) is -0.240. The molecule has 0 aromatic rings.